The maximum Gasteiger partial charge on any atom is 0.270 e. The Morgan fingerprint density at radius 1 is 1.12 bits per heavy atom. The summed E-state index contributed by atoms with van der Waals surface area (Å²) in [6.07, 6.45) is 5.34. The Hall–Kier alpha value is -2.64. The number of amides is 1. The highest BCUT2D eigenvalue weighted by molar-refractivity contribution is 7.90. The molecule has 7 heteroatoms. The van der Waals surface area contributed by atoms with Crippen LogP contribution in [0.2, 0.25) is 0 Å². The van der Waals surface area contributed by atoms with E-state index in [1.54, 1.807) is 24.3 Å². The fraction of sp³-hybridized carbons (Fsp3) is 0.400. The molecular weight excluding hydrogens is 422 g/mol. The van der Waals surface area contributed by atoms with E-state index < -0.39 is 9.84 Å². The third-order valence-corrected chi connectivity index (χ3v) is 7.49. The van der Waals surface area contributed by atoms with Crippen molar-refractivity contribution >= 4 is 26.6 Å². The predicted molar refractivity (Wildman–Crippen MR) is 127 cm³/mol. The molecule has 0 saturated heterocycles. The van der Waals surface area contributed by atoms with Crippen molar-refractivity contribution in [3.05, 3.63) is 65.9 Å². The normalized spacial score (nSPS) is 19.2. The van der Waals surface area contributed by atoms with Crippen LogP contribution in [0.3, 0.4) is 0 Å². The molecule has 2 unspecified atom stereocenters. The molecule has 1 fully saturated rings. The molecule has 32 heavy (non-hydrogen) atoms. The van der Waals surface area contributed by atoms with Gasteiger partial charge in [-0.3, -0.25) is 4.79 Å². The molecular formula is C25H31N3O3S. The van der Waals surface area contributed by atoms with Gasteiger partial charge in [-0.2, -0.15) is 0 Å². The SMILES string of the molecule is CCN(C(=O)c1cc2cc(S(C)(=O)=O)ccc2[nH]1)C1CCCC(NCc2ccccc2)C1. The van der Waals surface area contributed by atoms with Crippen molar-refractivity contribution in [3.8, 4) is 0 Å². The smallest absolute Gasteiger partial charge is 0.270 e. The molecule has 170 valence electrons. The van der Waals surface area contributed by atoms with Crippen LogP contribution in [-0.2, 0) is 16.4 Å². The second kappa shape index (κ2) is 9.46. The number of fused-ring (bicyclic) bond motifs is 1. The van der Waals surface area contributed by atoms with Crippen molar-refractivity contribution < 1.29 is 13.2 Å². The molecule has 4 rings (SSSR count). The van der Waals surface area contributed by atoms with Gasteiger partial charge in [0.15, 0.2) is 9.84 Å². The lowest BCUT2D eigenvalue weighted by atomic mass is 9.89. The van der Waals surface area contributed by atoms with Crippen molar-refractivity contribution in [1.29, 1.82) is 0 Å². The number of carbonyl (C=O) groups is 1. The number of rotatable bonds is 7. The van der Waals surface area contributed by atoms with E-state index in [-0.39, 0.29) is 16.8 Å². The van der Waals surface area contributed by atoms with E-state index in [9.17, 15) is 13.2 Å². The van der Waals surface area contributed by atoms with E-state index in [0.717, 1.165) is 43.1 Å². The summed E-state index contributed by atoms with van der Waals surface area (Å²) in [6.45, 7) is 3.49. The Labute approximate surface area is 189 Å². The van der Waals surface area contributed by atoms with Crippen LogP contribution in [0.15, 0.2) is 59.5 Å². The minimum absolute atomic E-state index is 0.0293. The fourth-order valence-corrected chi connectivity index (χ4v) is 5.33. The van der Waals surface area contributed by atoms with Crippen LogP contribution < -0.4 is 5.32 Å². The van der Waals surface area contributed by atoms with E-state index in [0.29, 0.717) is 18.3 Å². The summed E-state index contributed by atoms with van der Waals surface area (Å²) in [7, 11) is -3.29. The highest BCUT2D eigenvalue weighted by Gasteiger charge is 2.30. The number of aromatic amines is 1. The summed E-state index contributed by atoms with van der Waals surface area (Å²) in [5.74, 6) is -0.0293. The summed E-state index contributed by atoms with van der Waals surface area (Å²) >= 11 is 0. The van der Waals surface area contributed by atoms with Gasteiger partial charge in [0.1, 0.15) is 5.69 Å². The lowest BCUT2D eigenvalue weighted by molar-refractivity contribution is 0.0623. The van der Waals surface area contributed by atoms with Gasteiger partial charge in [0.2, 0.25) is 0 Å². The van der Waals surface area contributed by atoms with Gasteiger partial charge < -0.3 is 15.2 Å². The summed E-state index contributed by atoms with van der Waals surface area (Å²) in [5, 5.41) is 4.40. The molecule has 2 atom stereocenters. The average molecular weight is 454 g/mol. The second-order valence-corrected chi connectivity index (χ2v) is 10.7. The largest absolute Gasteiger partial charge is 0.351 e. The topological polar surface area (TPSA) is 82.3 Å². The van der Waals surface area contributed by atoms with E-state index in [1.165, 1.54) is 11.8 Å². The molecule has 0 aliphatic heterocycles. The Bertz CT molecular complexity index is 1190. The first kappa shape index (κ1) is 22.6. The molecule has 6 nitrogen and oxygen atoms in total. The van der Waals surface area contributed by atoms with Crippen LogP contribution in [0.1, 0.15) is 48.7 Å². The second-order valence-electron chi connectivity index (χ2n) is 8.68. The molecule has 0 spiro atoms. The molecule has 1 heterocycles. The zero-order valence-electron chi connectivity index (χ0n) is 18.7. The molecule has 3 aromatic rings. The van der Waals surface area contributed by atoms with Gasteiger partial charge in [-0.1, -0.05) is 30.3 Å². The van der Waals surface area contributed by atoms with Gasteiger partial charge in [0.05, 0.1) is 4.90 Å². The number of sulfone groups is 1. The summed E-state index contributed by atoms with van der Waals surface area (Å²) in [4.78, 5) is 18.8. The molecule has 1 aromatic heterocycles. The van der Waals surface area contributed by atoms with Gasteiger partial charge in [0, 0.05) is 42.3 Å². The van der Waals surface area contributed by atoms with E-state index in [2.05, 4.69) is 34.6 Å². The first-order valence-corrected chi connectivity index (χ1v) is 13.2. The summed E-state index contributed by atoms with van der Waals surface area (Å²) < 4.78 is 23.7. The van der Waals surface area contributed by atoms with Crippen molar-refractivity contribution in [2.45, 2.75) is 56.1 Å². The van der Waals surface area contributed by atoms with E-state index >= 15 is 0 Å². The van der Waals surface area contributed by atoms with Crippen molar-refractivity contribution in [3.63, 3.8) is 0 Å². The lowest BCUT2D eigenvalue weighted by Crippen LogP contribution is -2.46. The third-order valence-electron chi connectivity index (χ3n) is 6.38. The van der Waals surface area contributed by atoms with Crippen molar-refractivity contribution in [2.75, 3.05) is 12.8 Å². The minimum Gasteiger partial charge on any atom is -0.351 e. The molecule has 1 aliphatic rings. The van der Waals surface area contributed by atoms with Gasteiger partial charge in [0.25, 0.3) is 5.91 Å². The average Bonchev–Trinajstić information content (AvgIpc) is 3.22. The lowest BCUT2D eigenvalue weighted by Gasteiger charge is -2.37. The quantitative estimate of drug-likeness (QED) is 0.563. The first-order valence-electron chi connectivity index (χ1n) is 11.3. The highest BCUT2D eigenvalue weighted by atomic mass is 32.2. The monoisotopic (exact) mass is 453 g/mol. The van der Waals surface area contributed by atoms with Gasteiger partial charge in [-0.15, -0.1) is 0 Å². The van der Waals surface area contributed by atoms with Gasteiger partial charge in [-0.05, 0) is 62.4 Å². The van der Waals surface area contributed by atoms with E-state index in [4.69, 9.17) is 0 Å². The highest BCUT2D eigenvalue weighted by Crippen LogP contribution is 2.26. The number of hydrogen-bond donors (Lipinski definition) is 2. The van der Waals surface area contributed by atoms with Crippen LogP contribution in [0, 0.1) is 0 Å². The maximum atomic E-state index is 13.4. The standard InChI is InChI=1S/C25H31N3O3S/c1-3-28(21-11-7-10-20(16-21)26-17-18-8-5-4-6-9-18)25(29)24-15-19-14-22(32(2,30)31)12-13-23(19)27-24/h4-6,8-9,12-15,20-21,26-27H,3,7,10-11,16-17H2,1-2H3. The van der Waals surface area contributed by atoms with Crippen molar-refractivity contribution in [1.82, 2.24) is 15.2 Å². The predicted octanol–water partition coefficient (Wildman–Crippen LogP) is 4.13. The van der Waals surface area contributed by atoms with Crippen LogP contribution in [0.25, 0.3) is 10.9 Å². The fourth-order valence-electron chi connectivity index (χ4n) is 4.67. The number of H-pyrrole nitrogens is 1. The van der Waals surface area contributed by atoms with Crippen molar-refractivity contribution in [2.24, 2.45) is 0 Å². The number of aromatic nitrogens is 1. The van der Waals surface area contributed by atoms with E-state index in [1.807, 2.05) is 17.9 Å². The zero-order chi connectivity index (χ0) is 22.7. The zero-order valence-corrected chi connectivity index (χ0v) is 19.5. The minimum atomic E-state index is -3.29. The molecule has 0 bridgehead atoms. The van der Waals surface area contributed by atoms with Gasteiger partial charge >= 0.3 is 0 Å². The number of hydrogen-bond acceptors (Lipinski definition) is 4. The number of carbonyl (C=O) groups excluding carboxylic acids is 1. The van der Waals surface area contributed by atoms with Crippen LogP contribution in [0.4, 0.5) is 0 Å². The Morgan fingerprint density at radius 3 is 2.62 bits per heavy atom. The molecule has 1 amide bonds. The van der Waals surface area contributed by atoms with Gasteiger partial charge in [-0.25, -0.2) is 8.42 Å². The Kier molecular flexibility index (Phi) is 6.67. The van der Waals surface area contributed by atoms with Crippen LogP contribution in [0.5, 0.6) is 0 Å². The first-order chi connectivity index (χ1) is 15.3. The molecule has 0 radical (unpaired) electrons. The number of benzene rings is 2. The molecule has 1 aliphatic carbocycles. The van der Waals surface area contributed by atoms with Crippen LogP contribution in [-0.4, -0.2) is 49.1 Å². The summed E-state index contributed by atoms with van der Waals surface area (Å²) in [5.41, 5.74) is 2.54. The molecule has 2 aromatic carbocycles. The Morgan fingerprint density at radius 2 is 1.91 bits per heavy atom. The summed E-state index contributed by atoms with van der Waals surface area (Å²) in [6, 6.07) is 17.6. The molecule has 2 N–H and O–H groups in total. The molecule has 1 saturated carbocycles. The number of nitrogens with zero attached hydrogens (tertiary/aromatic N) is 1. The van der Waals surface area contributed by atoms with Crippen LogP contribution >= 0.6 is 0 Å². The Balaban J connectivity index is 1.47. The maximum absolute atomic E-state index is 13.4. The third kappa shape index (κ3) is 5.05. The number of nitrogens with one attached hydrogen (secondary N) is 2.